The Hall–Kier alpha value is -1.78. The monoisotopic (exact) mass is 384 g/mol. The molecule has 0 aliphatic heterocycles. The van der Waals surface area contributed by atoms with Gasteiger partial charge in [-0.05, 0) is 36.4 Å². The number of sulfone groups is 1. The van der Waals surface area contributed by atoms with Gasteiger partial charge in [-0.15, -0.1) is 0 Å². The topological polar surface area (TPSA) is 114 Å². The van der Waals surface area contributed by atoms with Gasteiger partial charge < -0.3 is 16.2 Å². The Bertz CT molecular complexity index is 784. The molecule has 4 N–H and O–H groups in total. The van der Waals surface area contributed by atoms with Crippen molar-refractivity contribution in [3.05, 3.63) is 48.5 Å². The molecule has 0 unspecified atom stereocenters. The molecule has 25 heavy (non-hydrogen) atoms. The molecule has 0 bridgehead atoms. The van der Waals surface area contributed by atoms with Crippen molar-refractivity contribution in [2.45, 2.75) is 9.79 Å². The molecule has 0 aliphatic rings. The van der Waals surface area contributed by atoms with Crippen LogP contribution in [0.1, 0.15) is 0 Å². The minimum atomic E-state index is -3.41. The molecule has 2 rings (SSSR count). The Morgan fingerprint density at radius 2 is 1.64 bits per heavy atom. The smallest absolute Gasteiger partial charge is 0.180 e. The Morgan fingerprint density at radius 3 is 2.36 bits per heavy atom. The van der Waals surface area contributed by atoms with Gasteiger partial charge in [0.25, 0.3) is 0 Å². The molecule has 2 aromatic carbocycles. The van der Waals surface area contributed by atoms with Crippen molar-refractivity contribution in [1.82, 2.24) is 0 Å². The van der Waals surface area contributed by atoms with E-state index in [1.165, 1.54) is 12.1 Å². The Kier molecular flexibility index (Phi) is 7.53. The highest BCUT2D eigenvalue weighted by atomic mass is 32.2. The minimum Gasteiger partial charge on any atom is -0.399 e. The zero-order valence-corrected chi connectivity index (χ0v) is 15.1. The fourth-order valence-electron chi connectivity index (χ4n) is 1.85. The van der Waals surface area contributed by atoms with Crippen LogP contribution < -0.4 is 11.5 Å². The summed E-state index contributed by atoms with van der Waals surface area (Å²) in [6, 6.07) is 13.4. The summed E-state index contributed by atoms with van der Waals surface area (Å²) in [6.45, 7) is 0.445. The van der Waals surface area contributed by atoms with Crippen molar-refractivity contribution in [2.75, 3.05) is 37.0 Å². The first-order valence-corrected chi connectivity index (χ1v) is 9.84. The number of nitrogen functional groups attached to an aromatic ring is 2. The quantitative estimate of drug-likeness (QED) is 0.211. The van der Waals surface area contributed by atoms with Gasteiger partial charge in [-0.1, -0.05) is 12.1 Å². The molecule has 2 aromatic rings. The molecular weight excluding hydrogens is 364 g/mol. The lowest BCUT2D eigenvalue weighted by molar-refractivity contribution is -0.199. The summed E-state index contributed by atoms with van der Waals surface area (Å²) in [4.78, 5) is 5.94. The van der Waals surface area contributed by atoms with Crippen molar-refractivity contribution in [3.63, 3.8) is 0 Å². The second-order valence-corrected chi connectivity index (χ2v) is 7.93. The van der Waals surface area contributed by atoms with E-state index in [1.807, 2.05) is 12.1 Å². The molecule has 0 saturated heterocycles. The van der Waals surface area contributed by atoms with E-state index in [0.29, 0.717) is 11.4 Å². The summed E-state index contributed by atoms with van der Waals surface area (Å²) in [7, 11) is -3.41. The fraction of sp³-hybridized carbons (Fsp3) is 0.250. The molecule has 9 heteroatoms. The van der Waals surface area contributed by atoms with Crippen LogP contribution >= 0.6 is 12.0 Å². The van der Waals surface area contributed by atoms with Crippen molar-refractivity contribution in [1.29, 1.82) is 0 Å². The highest BCUT2D eigenvalue weighted by molar-refractivity contribution is 7.94. The van der Waals surface area contributed by atoms with Gasteiger partial charge >= 0.3 is 0 Å². The minimum absolute atomic E-state index is 0.0584. The summed E-state index contributed by atoms with van der Waals surface area (Å²) in [5, 5.41) is 0. The molecule has 0 heterocycles. The molecule has 0 saturated carbocycles. The molecule has 7 nitrogen and oxygen atoms in total. The van der Waals surface area contributed by atoms with Gasteiger partial charge in [0.2, 0.25) is 0 Å². The lowest BCUT2D eigenvalue weighted by atomic mass is 10.3. The zero-order chi connectivity index (χ0) is 18.1. The maximum absolute atomic E-state index is 12.1. The van der Waals surface area contributed by atoms with Gasteiger partial charge in [-0.25, -0.2) is 13.3 Å². The third-order valence-corrected chi connectivity index (χ3v) is 5.35. The third-order valence-electron chi connectivity index (χ3n) is 3.06. The van der Waals surface area contributed by atoms with Gasteiger partial charge in [-0.2, -0.15) is 4.33 Å². The van der Waals surface area contributed by atoms with Crippen LogP contribution in [0.25, 0.3) is 0 Å². The van der Waals surface area contributed by atoms with Crippen LogP contribution in [0.15, 0.2) is 58.3 Å². The summed E-state index contributed by atoms with van der Waals surface area (Å²) in [6.07, 6.45) is 0. The Balaban J connectivity index is 1.59. The van der Waals surface area contributed by atoms with E-state index in [9.17, 15) is 8.42 Å². The molecule has 136 valence electrons. The van der Waals surface area contributed by atoms with Crippen LogP contribution in [0.2, 0.25) is 0 Å². The van der Waals surface area contributed by atoms with Gasteiger partial charge in [0.1, 0.15) is 6.61 Å². The third kappa shape index (κ3) is 6.92. The second-order valence-electron chi connectivity index (χ2n) is 5.05. The number of hydrogen-bond donors (Lipinski definition) is 2. The first kappa shape index (κ1) is 19.5. The van der Waals surface area contributed by atoms with E-state index in [1.54, 1.807) is 24.3 Å². The van der Waals surface area contributed by atoms with Gasteiger partial charge in [0, 0.05) is 16.3 Å². The maximum Gasteiger partial charge on any atom is 0.180 e. The van der Waals surface area contributed by atoms with Gasteiger partial charge in [0.05, 0.1) is 35.9 Å². The highest BCUT2D eigenvalue weighted by Crippen LogP contribution is 2.21. The summed E-state index contributed by atoms with van der Waals surface area (Å²) < 4.78 is 34.4. The summed E-state index contributed by atoms with van der Waals surface area (Å²) >= 11 is 1.04. The first-order valence-electron chi connectivity index (χ1n) is 7.45. The fourth-order valence-corrected chi connectivity index (χ4v) is 3.54. The van der Waals surface area contributed by atoms with Crippen LogP contribution in [0.4, 0.5) is 11.4 Å². The lowest BCUT2D eigenvalue weighted by Gasteiger charge is -2.07. The largest absolute Gasteiger partial charge is 0.399 e. The molecule has 0 atom stereocenters. The van der Waals surface area contributed by atoms with Gasteiger partial charge in [-0.3, -0.25) is 0 Å². The molecule has 0 radical (unpaired) electrons. The molecule has 0 aromatic heterocycles. The van der Waals surface area contributed by atoms with Crippen molar-refractivity contribution in [3.8, 4) is 0 Å². The SMILES string of the molecule is Nc1cccc(SOOCCOCCS(=O)(=O)c2cccc(N)c2)c1. The molecule has 0 aliphatic carbocycles. The predicted octanol–water partition coefficient (Wildman–Crippen LogP) is 2.30. The molecule has 0 amide bonds. The standard InChI is InChI=1S/C16H20N2O5S2/c17-13-3-1-5-15(11-13)24-23-22-8-7-21-9-10-25(19,20)16-6-2-4-14(18)12-16/h1-6,11-12H,7-10,17-18H2. The molecular formula is C16H20N2O5S2. The van der Waals surface area contributed by atoms with Crippen LogP contribution in [0.3, 0.4) is 0 Å². The average Bonchev–Trinajstić information content (AvgIpc) is 2.57. The summed E-state index contributed by atoms with van der Waals surface area (Å²) in [5.74, 6) is -0.130. The average molecular weight is 384 g/mol. The van der Waals surface area contributed by atoms with Crippen LogP contribution in [0, 0.1) is 0 Å². The van der Waals surface area contributed by atoms with Crippen molar-refractivity contribution < 1.29 is 22.4 Å². The predicted molar refractivity (Wildman–Crippen MR) is 97.5 cm³/mol. The van der Waals surface area contributed by atoms with Crippen molar-refractivity contribution in [2.24, 2.45) is 0 Å². The van der Waals surface area contributed by atoms with Crippen LogP contribution in [-0.2, 0) is 23.8 Å². The van der Waals surface area contributed by atoms with Crippen LogP contribution in [0.5, 0.6) is 0 Å². The summed E-state index contributed by atoms with van der Waals surface area (Å²) in [5.41, 5.74) is 12.3. The van der Waals surface area contributed by atoms with E-state index in [4.69, 9.17) is 25.4 Å². The number of benzene rings is 2. The van der Waals surface area contributed by atoms with E-state index in [0.717, 1.165) is 16.9 Å². The maximum atomic E-state index is 12.1. The number of ether oxygens (including phenoxy) is 1. The van der Waals surface area contributed by atoms with E-state index in [2.05, 4.69) is 0 Å². The first-order chi connectivity index (χ1) is 12.0. The van der Waals surface area contributed by atoms with E-state index < -0.39 is 9.84 Å². The number of anilines is 2. The number of rotatable bonds is 10. The van der Waals surface area contributed by atoms with E-state index >= 15 is 0 Å². The van der Waals surface area contributed by atoms with Gasteiger partial charge in [0.15, 0.2) is 9.84 Å². The second kappa shape index (κ2) is 9.64. The lowest BCUT2D eigenvalue weighted by Crippen LogP contribution is -2.14. The highest BCUT2D eigenvalue weighted by Gasteiger charge is 2.14. The number of hydrogen-bond acceptors (Lipinski definition) is 8. The number of nitrogens with two attached hydrogens (primary N) is 2. The van der Waals surface area contributed by atoms with E-state index in [-0.39, 0.29) is 30.5 Å². The normalized spacial score (nSPS) is 11.5. The van der Waals surface area contributed by atoms with Crippen LogP contribution in [-0.4, -0.2) is 34.0 Å². The molecule has 0 spiro atoms. The molecule has 0 fully saturated rings. The Morgan fingerprint density at radius 1 is 0.920 bits per heavy atom. The Labute approximate surface area is 151 Å². The zero-order valence-electron chi connectivity index (χ0n) is 13.5. The van der Waals surface area contributed by atoms with Crippen molar-refractivity contribution >= 4 is 33.3 Å².